The third-order valence-electron chi connectivity index (χ3n) is 2.37. The maximum atomic E-state index is 10.7. The predicted octanol–water partition coefficient (Wildman–Crippen LogP) is 2.61. The van der Waals surface area contributed by atoms with Crippen LogP contribution in [0.4, 0.5) is 5.69 Å². The minimum absolute atomic E-state index is 0.229. The molecule has 0 unspecified atom stereocenters. The Labute approximate surface area is 93.7 Å². The molecule has 1 N–H and O–H groups in total. The van der Waals surface area contributed by atoms with Gasteiger partial charge in [0.15, 0.2) is 12.0 Å². The van der Waals surface area contributed by atoms with Crippen molar-refractivity contribution in [1.82, 2.24) is 4.98 Å². The van der Waals surface area contributed by atoms with Crippen LogP contribution in [0.3, 0.4) is 0 Å². The molecular weight excluding hydrogens is 204 g/mol. The lowest BCUT2D eigenvalue weighted by Crippen LogP contribution is -2.03. The molecule has 0 fully saturated rings. The Morgan fingerprint density at radius 2 is 2.38 bits per heavy atom. The number of oxazole rings is 1. The molecule has 0 saturated carbocycles. The molecule has 1 heterocycles. The van der Waals surface area contributed by atoms with Gasteiger partial charge in [-0.15, -0.1) is 0 Å². The van der Waals surface area contributed by atoms with Crippen LogP contribution in [0.15, 0.2) is 29.0 Å². The zero-order valence-electron chi connectivity index (χ0n) is 9.19. The van der Waals surface area contributed by atoms with Gasteiger partial charge in [-0.25, -0.2) is 4.98 Å². The number of carbonyl (C=O) groups is 1. The summed E-state index contributed by atoms with van der Waals surface area (Å²) in [6, 6.07) is 5.78. The van der Waals surface area contributed by atoms with E-state index in [1.807, 2.05) is 18.2 Å². The van der Waals surface area contributed by atoms with E-state index in [1.165, 1.54) is 6.39 Å². The number of benzene rings is 1. The molecule has 0 aliphatic heterocycles. The van der Waals surface area contributed by atoms with Crippen molar-refractivity contribution in [3.63, 3.8) is 0 Å². The molecule has 4 heteroatoms. The number of nitrogens with zero attached hydrogens (tertiary/aromatic N) is 1. The van der Waals surface area contributed by atoms with Crippen LogP contribution in [0.1, 0.15) is 19.8 Å². The van der Waals surface area contributed by atoms with Crippen LogP contribution < -0.4 is 5.32 Å². The smallest absolute Gasteiger partial charge is 0.181 e. The SMILES string of the molecule is CC(=O)CCCNc1ccc2ncoc2c1. The van der Waals surface area contributed by atoms with Gasteiger partial charge in [-0.3, -0.25) is 0 Å². The number of hydrogen-bond donors (Lipinski definition) is 1. The second-order valence-electron chi connectivity index (χ2n) is 3.77. The Morgan fingerprint density at radius 3 is 3.19 bits per heavy atom. The van der Waals surface area contributed by atoms with E-state index in [4.69, 9.17) is 4.42 Å². The van der Waals surface area contributed by atoms with Gasteiger partial charge in [-0.05, 0) is 25.5 Å². The molecule has 0 spiro atoms. The summed E-state index contributed by atoms with van der Waals surface area (Å²) in [4.78, 5) is 14.8. The fourth-order valence-corrected chi connectivity index (χ4v) is 1.54. The molecule has 1 aromatic heterocycles. The average molecular weight is 218 g/mol. The first-order valence-corrected chi connectivity index (χ1v) is 5.32. The lowest BCUT2D eigenvalue weighted by Gasteiger charge is -2.04. The maximum Gasteiger partial charge on any atom is 0.181 e. The number of aromatic nitrogens is 1. The Morgan fingerprint density at radius 1 is 1.50 bits per heavy atom. The molecule has 0 aliphatic carbocycles. The van der Waals surface area contributed by atoms with Crippen LogP contribution in [0.5, 0.6) is 0 Å². The highest BCUT2D eigenvalue weighted by molar-refractivity contribution is 5.77. The number of ketones is 1. The number of fused-ring (bicyclic) bond motifs is 1. The maximum absolute atomic E-state index is 10.7. The van der Waals surface area contributed by atoms with Crippen LogP contribution in [0, 0.1) is 0 Å². The molecule has 0 aliphatic rings. The number of rotatable bonds is 5. The van der Waals surface area contributed by atoms with Crippen LogP contribution in [0.2, 0.25) is 0 Å². The van der Waals surface area contributed by atoms with E-state index in [1.54, 1.807) is 6.92 Å². The average Bonchev–Trinajstić information content (AvgIpc) is 2.71. The molecule has 4 nitrogen and oxygen atoms in total. The molecule has 2 rings (SSSR count). The van der Waals surface area contributed by atoms with Gasteiger partial charge in [0, 0.05) is 24.7 Å². The number of Topliss-reactive ketones (excluding diaryl/α,β-unsaturated/α-hetero) is 1. The van der Waals surface area contributed by atoms with Gasteiger partial charge >= 0.3 is 0 Å². The third kappa shape index (κ3) is 2.59. The largest absolute Gasteiger partial charge is 0.443 e. The van der Waals surface area contributed by atoms with E-state index in [-0.39, 0.29) is 5.78 Å². The monoisotopic (exact) mass is 218 g/mol. The van der Waals surface area contributed by atoms with Gasteiger partial charge in [0.25, 0.3) is 0 Å². The molecule has 0 saturated heterocycles. The van der Waals surface area contributed by atoms with Crippen LogP contribution >= 0.6 is 0 Å². The Bertz CT molecular complexity index is 490. The summed E-state index contributed by atoms with van der Waals surface area (Å²) < 4.78 is 5.20. The fourth-order valence-electron chi connectivity index (χ4n) is 1.54. The van der Waals surface area contributed by atoms with E-state index in [0.29, 0.717) is 6.42 Å². The highest BCUT2D eigenvalue weighted by Crippen LogP contribution is 2.17. The van der Waals surface area contributed by atoms with Crippen molar-refractivity contribution in [3.8, 4) is 0 Å². The predicted molar refractivity (Wildman–Crippen MR) is 62.4 cm³/mol. The summed E-state index contributed by atoms with van der Waals surface area (Å²) in [7, 11) is 0. The van der Waals surface area contributed by atoms with Gasteiger partial charge in [0.2, 0.25) is 0 Å². The van der Waals surface area contributed by atoms with Crippen molar-refractivity contribution in [2.75, 3.05) is 11.9 Å². The van der Waals surface area contributed by atoms with E-state index in [0.717, 1.165) is 29.8 Å². The summed E-state index contributed by atoms with van der Waals surface area (Å²) in [6.07, 6.45) is 2.91. The summed E-state index contributed by atoms with van der Waals surface area (Å²) in [5, 5.41) is 3.24. The van der Waals surface area contributed by atoms with Gasteiger partial charge in [0.1, 0.15) is 11.3 Å². The summed E-state index contributed by atoms with van der Waals surface area (Å²) >= 11 is 0. The second-order valence-corrected chi connectivity index (χ2v) is 3.77. The van der Waals surface area contributed by atoms with Gasteiger partial charge in [-0.2, -0.15) is 0 Å². The summed E-state index contributed by atoms with van der Waals surface area (Å²) in [5.74, 6) is 0.229. The molecular formula is C12H14N2O2. The van der Waals surface area contributed by atoms with Crippen molar-refractivity contribution < 1.29 is 9.21 Å². The van der Waals surface area contributed by atoms with E-state index < -0.39 is 0 Å². The molecule has 2 aromatic rings. The Kier molecular flexibility index (Phi) is 3.19. The number of hydrogen-bond acceptors (Lipinski definition) is 4. The first kappa shape index (κ1) is 10.7. The van der Waals surface area contributed by atoms with Crippen molar-refractivity contribution in [3.05, 3.63) is 24.6 Å². The molecule has 0 amide bonds. The Balaban J connectivity index is 1.91. The summed E-state index contributed by atoms with van der Waals surface area (Å²) in [6.45, 7) is 2.40. The van der Waals surface area contributed by atoms with Crippen molar-refractivity contribution >= 4 is 22.6 Å². The van der Waals surface area contributed by atoms with E-state index in [9.17, 15) is 4.79 Å². The fraction of sp³-hybridized carbons (Fsp3) is 0.333. The standard InChI is InChI=1S/C12H14N2O2/c1-9(15)3-2-6-13-10-4-5-11-12(7-10)16-8-14-11/h4-5,7-8,13H,2-3,6H2,1H3. The summed E-state index contributed by atoms with van der Waals surface area (Å²) in [5.41, 5.74) is 2.62. The third-order valence-corrected chi connectivity index (χ3v) is 2.37. The number of nitrogens with one attached hydrogen (secondary N) is 1. The highest BCUT2D eigenvalue weighted by Gasteiger charge is 1.99. The second kappa shape index (κ2) is 4.79. The van der Waals surface area contributed by atoms with E-state index >= 15 is 0 Å². The molecule has 0 atom stereocenters. The van der Waals surface area contributed by atoms with Gasteiger partial charge in [-0.1, -0.05) is 0 Å². The lowest BCUT2D eigenvalue weighted by atomic mass is 10.2. The minimum Gasteiger partial charge on any atom is -0.443 e. The lowest BCUT2D eigenvalue weighted by molar-refractivity contribution is -0.117. The topological polar surface area (TPSA) is 55.1 Å². The van der Waals surface area contributed by atoms with Gasteiger partial charge in [0.05, 0.1) is 0 Å². The number of anilines is 1. The quantitative estimate of drug-likeness (QED) is 0.784. The highest BCUT2D eigenvalue weighted by atomic mass is 16.3. The van der Waals surface area contributed by atoms with Crippen molar-refractivity contribution in [2.45, 2.75) is 19.8 Å². The zero-order chi connectivity index (χ0) is 11.4. The van der Waals surface area contributed by atoms with Crippen LogP contribution in [0.25, 0.3) is 11.1 Å². The van der Waals surface area contributed by atoms with Gasteiger partial charge < -0.3 is 14.5 Å². The van der Waals surface area contributed by atoms with Crippen LogP contribution in [-0.2, 0) is 4.79 Å². The normalized spacial score (nSPS) is 10.6. The van der Waals surface area contributed by atoms with E-state index in [2.05, 4.69) is 10.3 Å². The zero-order valence-corrected chi connectivity index (χ0v) is 9.19. The molecule has 84 valence electrons. The molecule has 1 aromatic carbocycles. The molecule has 16 heavy (non-hydrogen) atoms. The van der Waals surface area contributed by atoms with Crippen molar-refractivity contribution in [1.29, 1.82) is 0 Å². The first-order valence-electron chi connectivity index (χ1n) is 5.32. The first-order chi connectivity index (χ1) is 7.75. The van der Waals surface area contributed by atoms with Crippen molar-refractivity contribution in [2.24, 2.45) is 0 Å². The molecule has 0 bridgehead atoms. The number of carbonyl (C=O) groups excluding carboxylic acids is 1. The van der Waals surface area contributed by atoms with Crippen LogP contribution in [-0.4, -0.2) is 17.3 Å². The Hall–Kier alpha value is -1.84. The molecule has 0 radical (unpaired) electrons. The minimum atomic E-state index is 0.229.